The average Bonchev–Trinajstić information content (AvgIpc) is 2.69. The van der Waals surface area contributed by atoms with E-state index in [1.54, 1.807) is 23.6 Å². The third kappa shape index (κ3) is 2.66. The van der Waals surface area contributed by atoms with E-state index < -0.39 is 0 Å². The molecular formula is C13H14N4S. The first kappa shape index (κ1) is 12.5. The molecule has 0 bridgehead atoms. The van der Waals surface area contributed by atoms with Gasteiger partial charge in [-0.2, -0.15) is 5.26 Å². The molecule has 1 N–H and O–H groups in total. The van der Waals surface area contributed by atoms with E-state index in [-0.39, 0.29) is 6.04 Å². The highest BCUT2D eigenvalue weighted by Crippen LogP contribution is 2.26. The molecule has 0 radical (unpaired) electrons. The molecule has 0 amide bonds. The van der Waals surface area contributed by atoms with E-state index in [4.69, 9.17) is 5.26 Å². The zero-order valence-corrected chi connectivity index (χ0v) is 11.4. The molecule has 0 fully saturated rings. The van der Waals surface area contributed by atoms with Gasteiger partial charge in [-0.3, -0.25) is 0 Å². The highest BCUT2D eigenvalue weighted by molar-refractivity contribution is 7.11. The van der Waals surface area contributed by atoms with Crippen molar-refractivity contribution < 1.29 is 0 Å². The van der Waals surface area contributed by atoms with Crippen molar-refractivity contribution in [3.05, 3.63) is 39.5 Å². The first-order chi connectivity index (χ1) is 8.60. The maximum absolute atomic E-state index is 8.71. The average molecular weight is 258 g/mol. The standard InChI is InChI=1S/C13H14N4S/c1-8-13(18-10(3)16-8)9(2)17-12-5-4-11(6-14)7-15-12/h4-5,7,9H,1-3H3,(H,15,17). The lowest BCUT2D eigenvalue weighted by Gasteiger charge is -2.13. The summed E-state index contributed by atoms with van der Waals surface area (Å²) in [5.41, 5.74) is 1.63. The third-order valence-corrected chi connectivity index (χ3v) is 3.85. The third-order valence-electron chi connectivity index (χ3n) is 2.59. The Kier molecular flexibility index (Phi) is 3.58. The molecule has 92 valence electrons. The summed E-state index contributed by atoms with van der Waals surface area (Å²) < 4.78 is 0. The van der Waals surface area contributed by atoms with Crippen molar-refractivity contribution in [2.75, 3.05) is 5.32 Å². The number of pyridine rings is 1. The summed E-state index contributed by atoms with van der Waals surface area (Å²) in [6, 6.07) is 5.79. The Bertz CT molecular complexity index is 580. The van der Waals surface area contributed by atoms with E-state index in [1.165, 1.54) is 4.88 Å². The van der Waals surface area contributed by atoms with Gasteiger partial charge in [-0.05, 0) is 32.9 Å². The molecule has 1 atom stereocenters. The number of aromatic nitrogens is 2. The highest BCUT2D eigenvalue weighted by Gasteiger charge is 2.13. The number of rotatable bonds is 3. The van der Waals surface area contributed by atoms with E-state index in [0.29, 0.717) is 5.56 Å². The molecular weight excluding hydrogens is 244 g/mol. The lowest BCUT2D eigenvalue weighted by atomic mass is 10.2. The molecule has 18 heavy (non-hydrogen) atoms. The van der Waals surface area contributed by atoms with Gasteiger partial charge in [0.15, 0.2) is 0 Å². The van der Waals surface area contributed by atoms with E-state index in [0.717, 1.165) is 16.5 Å². The zero-order valence-electron chi connectivity index (χ0n) is 10.6. The molecule has 4 nitrogen and oxygen atoms in total. The predicted molar refractivity (Wildman–Crippen MR) is 72.6 cm³/mol. The van der Waals surface area contributed by atoms with Crippen molar-refractivity contribution >= 4 is 17.2 Å². The summed E-state index contributed by atoms with van der Waals surface area (Å²) in [6.07, 6.45) is 1.57. The second kappa shape index (κ2) is 5.15. The molecule has 0 saturated heterocycles. The maximum Gasteiger partial charge on any atom is 0.126 e. The smallest absolute Gasteiger partial charge is 0.126 e. The number of hydrogen-bond donors (Lipinski definition) is 1. The summed E-state index contributed by atoms with van der Waals surface area (Å²) in [5, 5.41) is 13.1. The van der Waals surface area contributed by atoms with Gasteiger partial charge < -0.3 is 5.32 Å². The van der Waals surface area contributed by atoms with Gasteiger partial charge in [-0.15, -0.1) is 11.3 Å². The molecule has 1 unspecified atom stereocenters. The van der Waals surface area contributed by atoms with E-state index in [1.807, 2.05) is 19.9 Å². The maximum atomic E-state index is 8.71. The quantitative estimate of drug-likeness (QED) is 0.918. The van der Waals surface area contributed by atoms with Crippen molar-refractivity contribution in [2.45, 2.75) is 26.8 Å². The largest absolute Gasteiger partial charge is 0.363 e. The van der Waals surface area contributed by atoms with Crippen LogP contribution in [0.25, 0.3) is 0 Å². The van der Waals surface area contributed by atoms with Gasteiger partial charge in [0.05, 0.1) is 22.3 Å². The number of hydrogen-bond acceptors (Lipinski definition) is 5. The fraction of sp³-hybridized carbons (Fsp3) is 0.308. The van der Waals surface area contributed by atoms with Gasteiger partial charge in [0, 0.05) is 11.1 Å². The monoisotopic (exact) mass is 258 g/mol. The summed E-state index contributed by atoms with van der Waals surface area (Å²) in [5.74, 6) is 0.770. The predicted octanol–water partition coefficient (Wildman–Crippen LogP) is 3.20. The van der Waals surface area contributed by atoms with Crippen molar-refractivity contribution in [1.82, 2.24) is 9.97 Å². The molecule has 5 heteroatoms. The van der Waals surface area contributed by atoms with Gasteiger partial charge in [-0.1, -0.05) is 0 Å². The summed E-state index contributed by atoms with van der Waals surface area (Å²) in [6.45, 7) is 6.11. The number of anilines is 1. The lowest BCUT2D eigenvalue weighted by Crippen LogP contribution is -2.07. The number of thiazole rings is 1. The molecule has 2 heterocycles. The van der Waals surface area contributed by atoms with Gasteiger partial charge in [0.2, 0.25) is 0 Å². The minimum absolute atomic E-state index is 0.164. The van der Waals surface area contributed by atoms with E-state index >= 15 is 0 Å². The fourth-order valence-electron chi connectivity index (χ4n) is 1.78. The molecule has 0 aliphatic heterocycles. The molecule has 2 aromatic heterocycles. The van der Waals surface area contributed by atoms with E-state index in [9.17, 15) is 0 Å². The fourth-order valence-corrected chi connectivity index (χ4v) is 2.71. The van der Waals surface area contributed by atoms with Gasteiger partial charge in [0.1, 0.15) is 11.9 Å². The number of nitrogens with zero attached hydrogens (tertiary/aromatic N) is 3. The van der Waals surface area contributed by atoms with Crippen molar-refractivity contribution in [1.29, 1.82) is 5.26 Å². The summed E-state index contributed by atoms with van der Waals surface area (Å²) >= 11 is 1.70. The molecule has 2 rings (SSSR count). The van der Waals surface area contributed by atoms with Crippen LogP contribution in [-0.2, 0) is 0 Å². The van der Waals surface area contributed by atoms with Crippen LogP contribution in [0.4, 0.5) is 5.82 Å². The number of nitriles is 1. The SMILES string of the molecule is Cc1nc(C)c(C(C)Nc2ccc(C#N)cn2)s1. The molecule has 0 aromatic carbocycles. The Morgan fingerprint density at radius 2 is 2.17 bits per heavy atom. The normalized spacial score (nSPS) is 11.9. The van der Waals surface area contributed by atoms with Gasteiger partial charge in [-0.25, -0.2) is 9.97 Å². The van der Waals surface area contributed by atoms with Crippen LogP contribution in [0.3, 0.4) is 0 Å². The Morgan fingerprint density at radius 1 is 1.39 bits per heavy atom. The van der Waals surface area contributed by atoms with Crippen LogP contribution in [0.5, 0.6) is 0 Å². The topological polar surface area (TPSA) is 61.6 Å². The zero-order chi connectivity index (χ0) is 13.1. The van der Waals surface area contributed by atoms with Crippen molar-refractivity contribution in [2.24, 2.45) is 0 Å². The lowest BCUT2D eigenvalue weighted by molar-refractivity contribution is 0.879. The second-order valence-electron chi connectivity index (χ2n) is 4.09. The molecule has 0 saturated carbocycles. The number of nitrogens with one attached hydrogen (secondary N) is 1. The van der Waals surface area contributed by atoms with Crippen LogP contribution >= 0.6 is 11.3 Å². The number of aryl methyl sites for hydroxylation is 2. The minimum Gasteiger partial charge on any atom is -0.363 e. The van der Waals surface area contributed by atoms with Crippen molar-refractivity contribution in [3.63, 3.8) is 0 Å². The van der Waals surface area contributed by atoms with Crippen LogP contribution in [0.1, 0.15) is 34.1 Å². The second-order valence-corrected chi connectivity index (χ2v) is 5.33. The minimum atomic E-state index is 0.164. The molecule has 0 aliphatic carbocycles. The summed E-state index contributed by atoms with van der Waals surface area (Å²) in [7, 11) is 0. The first-order valence-electron chi connectivity index (χ1n) is 5.66. The van der Waals surface area contributed by atoms with Crippen LogP contribution in [0.15, 0.2) is 18.3 Å². The molecule has 0 aliphatic rings. The van der Waals surface area contributed by atoms with E-state index in [2.05, 4.69) is 28.3 Å². The Balaban J connectivity index is 2.13. The summed E-state index contributed by atoms with van der Waals surface area (Å²) in [4.78, 5) is 9.84. The van der Waals surface area contributed by atoms with Gasteiger partial charge >= 0.3 is 0 Å². The Hall–Kier alpha value is -1.93. The molecule has 2 aromatic rings. The van der Waals surface area contributed by atoms with Crippen LogP contribution in [0.2, 0.25) is 0 Å². The highest BCUT2D eigenvalue weighted by atomic mass is 32.1. The van der Waals surface area contributed by atoms with Crippen LogP contribution in [0, 0.1) is 25.2 Å². The van der Waals surface area contributed by atoms with Gasteiger partial charge in [0.25, 0.3) is 0 Å². The van der Waals surface area contributed by atoms with Crippen LogP contribution in [-0.4, -0.2) is 9.97 Å². The van der Waals surface area contributed by atoms with Crippen LogP contribution < -0.4 is 5.32 Å². The van der Waals surface area contributed by atoms with Crippen molar-refractivity contribution in [3.8, 4) is 6.07 Å². The molecule has 0 spiro atoms. The Morgan fingerprint density at radius 3 is 2.67 bits per heavy atom. The Labute approximate surface area is 110 Å². The first-order valence-corrected chi connectivity index (χ1v) is 6.48.